The summed E-state index contributed by atoms with van der Waals surface area (Å²) in [6.07, 6.45) is 1.86. The number of furan rings is 1. The van der Waals surface area contributed by atoms with Crippen LogP contribution in [0, 0.1) is 5.92 Å². The highest BCUT2D eigenvalue weighted by molar-refractivity contribution is 5.88. The van der Waals surface area contributed by atoms with Crippen molar-refractivity contribution in [1.29, 1.82) is 0 Å². The molecule has 1 fully saturated rings. The molecule has 0 saturated carbocycles. The second-order valence-electron chi connectivity index (χ2n) is 4.87. The number of primary amides is 1. The summed E-state index contributed by atoms with van der Waals surface area (Å²) in [6, 6.07) is 7.69. The predicted molar refractivity (Wildman–Crippen MR) is 68.9 cm³/mol. The van der Waals surface area contributed by atoms with Crippen molar-refractivity contribution in [3.05, 3.63) is 36.1 Å². The van der Waals surface area contributed by atoms with Gasteiger partial charge in [0.1, 0.15) is 5.58 Å². The van der Waals surface area contributed by atoms with E-state index >= 15 is 0 Å². The van der Waals surface area contributed by atoms with Gasteiger partial charge in [-0.2, -0.15) is 0 Å². The Morgan fingerprint density at radius 1 is 1.42 bits per heavy atom. The van der Waals surface area contributed by atoms with Crippen molar-refractivity contribution in [3.8, 4) is 0 Å². The summed E-state index contributed by atoms with van der Waals surface area (Å²) in [5.41, 5.74) is 7.09. The van der Waals surface area contributed by atoms with Gasteiger partial charge in [0, 0.05) is 24.9 Å². The van der Waals surface area contributed by atoms with Crippen molar-refractivity contribution >= 4 is 22.8 Å². The molecule has 5 nitrogen and oxygen atoms in total. The van der Waals surface area contributed by atoms with Gasteiger partial charge in [-0.3, -0.25) is 9.59 Å². The standard InChI is InChI=1S/C14H14N2O3/c15-14(18)11-6-13(17)16(8-11)7-9-1-2-12-10(5-9)3-4-19-12/h1-5,11H,6-8H2,(H2,15,18). The lowest BCUT2D eigenvalue weighted by molar-refractivity contribution is -0.128. The molecule has 0 radical (unpaired) electrons. The number of nitrogens with zero attached hydrogens (tertiary/aromatic N) is 1. The van der Waals surface area contributed by atoms with Gasteiger partial charge in [0.05, 0.1) is 12.2 Å². The molecule has 3 rings (SSSR count). The van der Waals surface area contributed by atoms with Crippen LogP contribution in [-0.4, -0.2) is 23.3 Å². The number of rotatable bonds is 3. The number of nitrogens with two attached hydrogens (primary N) is 1. The summed E-state index contributed by atoms with van der Waals surface area (Å²) in [7, 11) is 0. The van der Waals surface area contributed by atoms with Gasteiger partial charge in [-0.25, -0.2) is 0 Å². The molecule has 5 heteroatoms. The summed E-state index contributed by atoms with van der Waals surface area (Å²) in [5.74, 6) is -0.776. The lowest BCUT2D eigenvalue weighted by Crippen LogP contribution is -2.28. The van der Waals surface area contributed by atoms with Crippen LogP contribution in [0.4, 0.5) is 0 Å². The molecule has 2 N–H and O–H groups in total. The first-order chi connectivity index (χ1) is 9.13. The Balaban J connectivity index is 1.77. The molecule has 98 valence electrons. The molecule has 1 aliphatic heterocycles. The highest BCUT2D eigenvalue weighted by Gasteiger charge is 2.32. The van der Waals surface area contributed by atoms with E-state index < -0.39 is 5.91 Å². The van der Waals surface area contributed by atoms with Crippen LogP contribution in [0.3, 0.4) is 0 Å². The van der Waals surface area contributed by atoms with E-state index in [1.165, 1.54) is 0 Å². The number of hydrogen-bond donors (Lipinski definition) is 1. The van der Waals surface area contributed by atoms with Gasteiger partial charge < -0.3 is 15.1 Å². The fourth-order valence-corrected chi connectivity index (χ4v) is 2.45. The molecule has 2 heterocycles. The fraction of sp³-hybridized carbons (Fsp3) is 0.286. The molecule has 0 bridgehead atoms. The monoisotopic (exact) mass is 258 g/mol. The first-order valence-electron chi connectivity index (χ1n) is 6.17. The Bertz CT molecular complexity index is 647. The van der Waals surface area contributed by atoms with Crippen molar-refractivity contribution in [2.45, 2.75) is 13.0 Å². The average molecular weight is 258 g/mol. The number of carbonyl (C=O) groups excluding carboxylic acids is 2. The van der Waals surface area contributed by atoms with Crippen molar-refractivity contribution in [3.63, 3.8) is 0 Å². The third-order valence-electron chi connectivity index (χ3n) is 3.51. The van der Waals surface area contributed by atoms with E-state index in [1.54, 1.807) is 11.2 Å². The second-order valence-corrected chi connectivity index (χ2v) is 4.87. The first-order valence-corrected chi connectivity index (χ1v) is 6.17. The molecular formula is C14H14N2O3. The number of hydrogen-bond acceptors (Lipinski definition) is 3. The maximum atomic E-state index is 11.8. The minimum Gasteiger partial charge on any atom is -0.464 e. The Morgan fingerprint density at radius 3 is 3.00 bits per heavy atom. The van der Waals surface area contributed by atoms with Gasteiger partial charge >= 0.3 is 0 Å². The Labute approximate surface area is 110 Å². The predicted octanol–water partition coefficient (Wildman–Crippen LogP) is 1.27. The summed E-state index contributed by atoms with van der Waals surface area (Å²) in [4.78, 5) is 24.6. The van der Waals surface area contributed by atoms with E-state index in [0.29, 0.717) is 13.1 Å². The largest absolute Gasteiger partial charge is 0.464 e. The smallest absolute Gasteiger partial charge is 0.223 e. The van der Waals surface area contributed by atoms with E-state index in [0.717, 1.165) is 16.5 Å². The number of amides is 2. The van der Waals surface area contributed by atoms with E-state index in [2.05, 4.69) is 0 Å². The van der Waals surface area contributed by atoms with Crippen LogP contribution in [-0.2, 0) is 16.1 Å². The van der Waals surface area contributed by atoms with E-state index in [1.807, 2.05) is 24.3 Å². The third-order valence-corrected chi connectivity index (χ3v) is 3.51. The molecule has 1 saturated heterocycles. The summed E-state index contributed by atoms with van der Waals surface area (Å²) >= 11 is 0. The minimum atomic E-state index is -0.402. The molecule has 1 unspecified atom stereocenters. The number of carbonyl (C=O) groups is 2. The lowest BCUT2D eigenvalue weighted by Gasteiger charge is -2.16. The SMILES string of the molecule is NC(=O)C1CC(=O)N(Cc2ccc3occc3c2)C1. The van der Waals surface area contributed by atoms with Gasteiger partial charge in [-0.15, -0.1) is 0 Å². The van der Waals surface area contributed by atoms with Gasteiger partial charge in [0.15, 0.2) is 0 Å². The number of benzene rings is 1. The minimum absolute atomic E-state index is 0.0175. The zero-order chi connectivity index (χ0) is 13.4. The zero-order valence-corrected chi connectivity index (χ0v) is 10.3. The molecule has 1 aliphatic rings. The lowest BCUT2D eigenvalue weighted by atomic mass is 10.1. The zero-order valence-electron chi connectivity index (χ0n) is 10.3. The van der Waals surface area contributed by atoms with E-state index in [4.69, 9.17) is 10.2 Å². The van der Waals surface area contributed by atoms with E-state index in [9.17, 15) is 9.59 Å². The first kappa shape index (κ1) is 11.8. The highest BCUT2D eigenvalue weighted by Crippen LogP contribution is 2.22. The average Bonchev–Trinajstić information content (AvgIpc) is 2.96. The molecular weight excluding hydrogens is 244 g/mol. The molecule has 2 amide bonds. The summed E-state index contributed by atoms with van der Waals surface area (Å²) in [5, 5.41) is 1.01. The second kappa shape index (κ2) is 4.42. The van der Waals surface area contributed by atoms with Gasteiger partial charge in [-0.1, -0.05) is 6.07 Å². The van der Waals surface area contributed by atoms with Crippen molar-refractivity contribution < 1.29 is 14.0 Å². The molecule has 19 heavy (non-hydrogen) atoms. The maximum Gasteiger partial charge on any atom is 0.223 e. The molecule has 1 aromatic carbocycles. The van der Waals surface area contributed by atoms with Crippen molar-refractivity contribution in [2.24, 2.45) is 11.7 Å². The Hall–Kier alpha value is -2.30. The van der Waals surface area contributed by atoms with Crippen LogP contribution >= 0.6 is 0 Å². The van der Waals surface area contributed by atoms with Crippen LogP contribution in [0.2, 0.25) is 0 Å². The Kier molecular flexibility index (Phi) is 2.74. The van der Waals surface area contributed by atoms with Crippen LogP contribution in [0.25, 0.3) is 11.0 Å². The molecule has 1 aromatic heterocycles. The summed E-state index contributed by atoms with van der Waals surface area (Å²) < 4.78 is 5.27. The fourth-order valence-electron chi connectivity index (χ4n) is 2.45. The molecule has 0 aliphatic carbocycles. The van der Waals surface area contributed by atoms with Crippen LogP contribution in [0.1, 0.15) is 12.0 Å². The number of fused-ring (bicyclic) bond motifs is 1. The highest BCUT2D eigenvalue weighted by atomic mass is 16.3. The van der Waals surface area contributed by atoms with E-state index in [-0.39, 0.29) is 18.2 Å². The van der Waals surface area contributed by atoms with Crippen LogP contribution < -0.4 is 5.73 Å². The van der Waals surface area contributed by atoms with Crippen LogP contribution in [0.5, 0.6) is 0 Å². The van der Waals surface area contributed by atoms with Gasteiger partial charge in [0.2, 0.25) is 11.8 Å². The molecule has 1 atom stereocenters. The van der Waals surface area contributed by atoms with Crippen molar-refractivity contribution in [2.75, 3.05) is 6.54 Å². The van der Waals surface area contributed by atoms with Gasteiger partial charge in [0.25, 0.3) is 0 Å². The topological polar surface area (TPSA) is 76.5 Å². The van der Waals surface area contributed by atoms with Gasteiger partial charge in [-0.05, 0) is 23.8 Å². The third kappa shape index (κ3) is 2.19. The Morgan fingerprint density at radius 2 is 2.26 bits per heavy atom. The molecule has 2 aromatic rings. The number of likely N-dealkylation sites (tertiary alicyclic amines) is 1. The summed E-state index contributed by atoms with van der Waals surface area (Å²) in [6.45, 7) is 0.918. The quantitative estimate of drug-likeness (QED) is 0.900. The van der Waals surface area contributed by atoms with Crippen LogP contribution in [0.15, 0.2) is 34.9 Å². The maximum absolute atomic E-state index is 11.8. The normalized spacial score (nSPS) is 19.3. The van der Waals surface area contributed by atoms with Crippen molar-refractivity contribution in [1.82, 2.24) is 4.90 Å². The molecule has 0 spiro atoms.